The van der Waals surface area contributed by atoms with Crippen molar-refractivity contribution < 1.29 is 4.42 Å². The Bertz CT molecular complexity index is 2550. The minimum Gasteiger partial charge on any atom is -0.456 e. The number of furan rings is 1. The topological polar surface area (TPSA) is 18.1 Å². The first-order chi connectivity index (χ1) is 20.8. The fraction of sp³-hybridized carbons (Fsp3) is 0. The van der Waals surface area contributed by atoms with E-state index in [1.807, 2.05) is 12.1 Å². The maximum absolute atomic E-state index is 6.28. The van der Waals surface area contributed by atoms with E-state index in [2.05, 4.69) is 132 Å². The molecule has 0 bridgehead atoms. The molecule has 0 spiro atoms. The molecule has 0 amide bonds. The molecule has 0 saturated heterocycles. The number of para-hydroxylation sites is 2. The zero-order valence-electron chi connectivity index (χ0n) is 22.6. The average molecular weight is 534 g/mol. The summed E-state index contributed by atoms with van der Waals surface area (Å²) < 4.78 is 8.69. The van der Waals surface area contributed by atoms with Gasteiger partial charge in [0.15, 0.2) is 0 Å². The molecule has 2 heterocycles. The molecule has 1 aliphatic rings. The fourth-order valence-electron chi connectivity index (χ4n) is 7.34. The van der Waals surface area contributed by atoms with Gasteiger partial charge in [-0.15, -0.1) is 0 Å². The summed E-state index contributed by atoms with van der Waals surface area (Å²) in [5, 5.41) is 7.37. The molecule has 0 N–H and O–H groups in total. The molecule has 10 rings (SSSR count). The summed E-state index contributed by atoms with van der Waals surface area (Å²) in [5.74, 6) is 0. The van der Waals surface area contributed by atoms with Gasteiger partial charge in [0.1, 0.15) is 11.2 Å². The highest BCUT2D eigenvalue weighted by molar-refractivity contribution is 6.19. The second kappa shape index (κ2) is 7.99. The summed E-state index contributed by atoms with van der Waals surface area (Å²) in [4.78, 5) is 0. The molecule has 0 unspecified atom stereocenters. The maximum Gasteiger partial charge on any atom is 0.136 e. The second-order valence-corrected chi connectivity index (χ2v) is 11.3. The molecule has 2 nitrogen and oxygen atoms in total. The first kappa shape index (κ1) is 22.1. The Morgan fingerprint density at radius 3 is 1.98 bits per heavy atom. The summed E-state index contributed by atoms with van der Waals surface area (Å²) in [5.41, 5.74) is 13.2. The summed E-state index contributed by atoms with van der Waals surface area (Å²) in [7, 11) is 0. The van der Waals surface area contributed by atoms with Gasteiger partial charge < -0.3 is 8.98 Å². The van der Waals surface area contributed by atoms with Crippen LogP contribution in [0.2, 0.25) is 0 Å². The van der Waals surface area contributed by atoms with Gasteiger partial charge in [-0.3, -0.25) is 0 Å². The zero-order valence-corrected chi connectivity index (χ0v) is 22.6. The van der Waals surface area contributed by atoms with E-state index < -0.39 is 0 Å². The first-order valence-corrected chi connectivity index (χ1v) is 14.4. The van der Waals surface area contributed by atoms with Crippen LogP contribution in [-0.2, 0) is 0 Å². The normalized spacial score (nSPS) is 12.3. The van der Waals surface area contributed by atoms with Crippen molar-refractivity contribution in [3.05, 3.63) is 140 Å². The quantitative estimate of drug-likeness (QED) is 0.216. The third-order valence-corrected chi connectivity index (χ3v) is 9.13. The van der Waals surface area contributed by atoms with Crippen molar-refractivity contribution in [1.82, 2.24) is 4.57 Å². The number of fused-ring (bicyclic) bond motifs is 9. The third kappa shape index (κ3) is 2.83. The van der Waals surface area contributed by atoms with Crippen LogP contribution in [0.4, 0.5) is 0 Å². The lowest BCUT2D eigenvalue weighted by Gasteiger charge is -2.13. The molecule has 0 radical (unpaired) electrons. The Labute approximate surface area is 241 Å². The molecule has 7 aromatic carbocycles. The van der Waals surface area contributed by atoms with Gasteiger partial charge in [0, 0.05) is 27.2 Å². The van der Waals surface area contributed by atoms with E-state index in [0.29, 0.717) is 0 Å². The van der Waals surface area contributed by atoms with Crippen molar-refractivity contribution in [1.29, 1.82) is 0 Å². The SMILES string of the molecule is c1cc(-c2ccc3c4c(cccc24)-c2ccccc2-3)cc(-n2c3ccccc3c3cc4oc5ccccc5c4cc32)c1. The van der Waals surface area contributed by atoms with Crippen LogP contribution < -0.4 is 0 Å². The van der Waals surface area contributed by atoms with Crippen LogP contribution in [0.15, 0.2) is 144 Å². The van der Waals surface area contributed by atoms with Gasteiger partial charge in [-0.25, -0.2) is 0 Å². The molecular formula is C40H23NO. The summed E-state index contributed by atoms with van der Waals surface area (Å²) in [6.45, 7) is 0. The van der Waals surface area contributed by atoms with Gasteiger partial charge in [-0.1, -0.05) is 103 Å². The fourth-order valence-corrected chi connectivity index (χ4v) is 7.34. The monoisotopic (exact) mass is 533 g/mol. The van der Waals surface area contributed by atoms with Crippen molar-refractivity contribution in [2.75, 3.05) is 0 Å². The van der Waals surface area contributed by atoms with E-state index in [4.69, 9.17) is 4.42 Å². The van der Waals surface area contributed by atoms with Gasteiger partial charge in [-0.2, -0.15) is 0 Å². The van der Waals surface area contributed by atoms with Gasteiger partial charge in [0.05, 0.1) is 11.0 Å². The zero-order chi connectivity index (χ0) is 27.4. The van der Waals surface area contributed by atoms with E-state index in [0.717, 1.165) is 27.6 Å². The van der Waals surface area contributed by atoms with E-state index in [1.165, 1.54) is 66.0 Å². The lowest BCUT2D eigenvalue weighted by molar-refractivity contribution is 0.669. The van der Waals surface area contributed by atoms with Crippen LogP contribution in [0.5, 0.6) is 0 Å². The van der Waals surface area contributed by atoms with E-state index >= 15 is 0 Å². The Morgan fingerprint density at radius 1 is 0.381 bits per heavy atom. The Hall–Kier alpha value is -5.60. The first-order valence-electron chi connectivity index (χ1n) is 14.4. The molecule has 1 aliphatic carbocycles. The van der Waals surface area contributed by atoms with Crippen LogP contribution in [-0.4, -0.2) is 4.57 Å². The highest BCUT2D eigenvalue weighted by Crippen LogP contribution is 2.49. The van der Waals surface area contributed by atoms with Crippen molar-refractivity contribution in [3.63, 3.8) is 0 Å². The third-order valence-electron chi connectivity index (χ3n) is 9.13. The Morgan fingerprint density at radius 2 is 1.07 bits per heavy atom. The molecule has 42 heavy (non-hydrogen) atoms. The van der Waals surface area contributed by atoms with Crippen molar-refractivity contribution >= 4 is 54.5 Å². The van der Waals surface area contributed by atoms with E-state index in [1.54, 1.807) is 0 Å². The van der Waals surface area contributed by atoms with Gasteiger partial charge >= 0.3 is 0 Å². The van der Waals surface area contributed by atoms with Crippen LogP contribution >= 0.6 is 0 Å². The molecule has 2 aromatic heterocycles. The molecule has 2 heteroatoms. The number of hydrogen-bond acceptors (Lipinski definition) is 1. The number of hydrogen-bond donors (Lipinski definition) is 0. The number of rotatable bonds is 2. The van der Waals surface area contributed by atoms with E-state index in [-0.39, 0.29) is 0 Å². The highest BCUT2D eigenvalue weighted by Gasteiger charge is 2.22. The van der Waals surface area contributed by atoms with Crippen LogP contribution in [0, 0.1) is 0 Å². The standard InChI is InChI=1S/C40H23NO/c1-2-12-28-27(11-1)32-16-8-15-31-26(19-20-33(28)40(31)32)24-9-7-10-25(21-24)41-36-17-5-3-13-29(36)34-23-39-35(22-37(34)41)30-14-4-6-18-38(30)42-39/h1-23H. The summed E-state index contributed by atoms with van der Waals surface area (Å²) in [6, 6.07) is 50.6. The van der Waals surface area contributed by atoms with Crippen molar-refractivity contribution in [2.45, 2.75) is 0 Å². The molecule has 0 aliphatic heterocycles. The molecule has 194 valence electrons. The highest BCUT2D eigenvalue weighted by atomic mass is 16.3. The molecule has 0 atom stereocenters. The molecule has 9 aromatic rings. The number of nitrogens with zero attached hydrogens (tertiary/aromatic N) is 1. The Balaban J connectivity index is 1.24. The molecule has 0 saturated carbocycles. The minimum absolute atomic E-state index is 0.923. The predicted molar refractivity (Wildman–Crippen MR) is 175 cm³/mol. The maximum atomic E-state index is 6.28. The summed E-state index contributed by atoms with van der Waals surface area (Å²) in [6.07, 6.45) is 0. The smallest absolute Gasteiger partial charge is 0.136 e. The van der Waals surface area contributed by atoms with Crippen LogP contribution in [0.3, 0.4) is 0 Å². The van der Waals surface area contributed by atoms with Crippen LogP contribution in [0.1, 0.15) is 0 Å². The largest absolute Gasteiger partial charge is 0.456 e. The van der Waals surface area contributed by atoms with Gasteiger partial charge in [-0.05, 0) is 80.6 Å². The number of benzene rings is 7. The Kier molecular flexibility index (Phi) is 4.21. The van der Waals surface area contributed by atoms with E-state index in [9.17, 15) is 0 Å². The van der Waals surface area contributed by atoms with Gasteiger partial charge in [0.2, 0.25) is 0 Å². The predicted octanol–water partition coefficient (Wildman–Crippen LogP) is 11.2. The second-order valence-electron chi connectivity index (χ2n) is 11.3. The number of aromatic nitrogens is 1. The summed E-state index contributed by atoms with van der Waals surface area (Å²) >= 11 is 0. The minimum atomic E-state index is 0.923. The van der Waals surface area contributed by atoms with Crippen LogP contribution in [0.25, 0.3) is 93.6 Å². The lowest BCUT2D eigenvalue weighted by atomic mass is 9.94. The molecular weight excluding hydrogens is 510 g/mol. The molecule has 0 fully saturated rings. The average Bonchev–Trinajstić information content (AvgIpc) is 3.69. The van der Waals surface area contributed by atoms with Gasteiger partial charge in [0.25, 0.3) is 0 Å². The van der Waals surface area contributed by atoms with Crippen molar-refractivity contribution in [3.8, 4) is 39.1 Å². The lowest BCUT2D eigenvalue weighted by Crippen LogP contribution is -1.94. The van der Waals surface area contributed by atoms with Crippen molar-refractivity contribution in [2.24, 2.45) is 0 Å².